The van der Waals surface area contributed by atoms with Crippen LogP contribution in [-0.4, -0.2) is 35.1 Å². The Labute approximate surface area is 157 Å². The van der Waals surface area contributed by atoms with Crippen molar-refractivity contribution in [3.8, 4) is 16.8 Å². The maximum atomic E-state index is 8.99. The zero-order valence-electron chi connectivity index (χ0n) is 15.2. The standard InChI is InChI=1S/C22H20N4O/c1-25(2)19-10-6-7-17(13-19)20-11-16(14-24-27)12-21-22(20)26(15-23-21)18-8-4-3-5-9-18/h3-15,27H,1-2H3/b24-14+. The first-order valence-corrected chi connectivity index (χ1v) is 8.69. The van der Waals surface area contributed by atoms with Crippen molar-refractivity contribution in [2.45, 2.75) is 0 Å². The molecule has 0 spiro atoms. The fourth-order valence-electron chi connectivity index (χ4n) is 3.27. The number of nitrogens with zero attached hydrogens (tertiary/aromatic N) is 4. The smallest absolute Gasteiger partial charge is 0.100 e. The van der Waals surface area contributed by atoms with Crippen LogP contribution in [0.1, 0.15) is 5.56 Å². The number of benzene rings is 3. The minimum absolute atomic E-state index is 0.800. The molecule has 0 radical (unpaired) electrons. The Morgan fingerprint density at radius 1 is 1.00 bits per heavy atom. The highest BCUT2D eigenvalue weighted by molar-refractivity contribution is 5.98. The van der Waals surface area contributed by atoms with E-state index in [1.165, 1.54) is 6.21 Å². The predicted octanol–water partition coefficient (Wildman–Crippen LogP) is 4.57. The first-order chi connectivity index (χ1) is 13.2. The Bertz CT molecular complexity index is 1110. The van der Waals surface area contributed by atoms with Gasteiger partial charge in [-0.1, -0.05) is 35.5 Å². The van der Waals surface area contributed by atoms with E-state index in [9.17, 15) is 0 Å². The molecule has 27 heavy (non-hydrogen) atoms. The first-order valence-electron chi connectivity index (χ1n) is 8.69. The lowest BCUT2D eigenvalue weighted by molar-refractivity contribution is 0.322. The van der Waals surface area contributed by atoms with Gasteiger partial charge in [0.25, 0.3) is 0 Å². The number of hydrogen-bond donors (Lipinski definition) is 1. The fourth-order valence-corrected chi connectivity index (χ4v) is 3.27. The van der Waals surface area contributed by atoms with Crippen LogP contribution in [0, 0.1) is 0 Å². The van der Waals surface area contributed by atoms with Gasteiger partial charge in [0.1, 0.15) is 6.33 Å². The van der Waals surface area contributed by atoms with E-state index in [2.05, 4.69) is 49.9 Å². The first kappa shape index (κ1) is 16.8. The Balaban J connectivity index is 2.02. The van der Waals surface area contributed by atoms with Crippen LogP contribution in [0.3, 0.4) is 0 Å². The molecule has 0 amide bonds. The molecule has 0 aliphatic carbocycles. The molecule has 0 aliphatic rings. The van der Waals surface area contributed by atoms with Crippen molar-refractivity contribution in [1.29, 1.82) is 0 Å². The van der Waals surface area contributed by atoms with Gasteiger partial charge in [-0.2, -0.15) is 0 Å². The second-order valence-electron chi connectivity index (χ2n) is 6.58. The molecule has 0 bridgehead atoms. The van der Waals surface area contributed by atoms with Gasteiger partial charge in [-0.3, -0.25) is 4.57 Å². The van der Waals surface area contributed by atoms with Crippen molar-refractivity contribution in [2.75, 3.05) is 19.0 Å². The third kappa shape index (κ3) is 3.15. The van der Waals surface area contributed by atoms with E-state index in [1.807, 2.05) is 56.8 Å². The van der Waals surface area contributed by atoms with Gasteiger partial charge < -0.3 is 10.1 Å². The van der Waals surface area contributed by atoms with Gasteiger partial charge in [-0.25, -0.2) is 4.98 Å². The maximum Gasteiger partial charge on any atom is 0.100 e. The number of para-hydroxylation sites is 1. The Morgan fingerprint density at radius 3 is 2.56 bits per heavy atom. The second kappa shape index (κ2) is 6.96. The zero-order chi connectivity index (χ0) is 18.8. The summed E-state index contributed by atoms with van der Waals surface area (Å²) in [6.07, 6.45) is 3.26. The number of imidazole rings is 1. The molecule has 4 rings (SSSR count). The van der Waals surface area contributed by atoms with Gasteiger partial charge in [0.15, 0.2) is 0 Å². The Morgan fingerprint density at radius 2 is 1.81 bits per heavy atom. The van der Waals surface area contributed by atoms with Crippen LogP contribution in [0.5, 0.6) is 0 Å². The van der Waals surface area contributed by atoms with Gasteiger partial charge in [0, 0.05) is 31.0 Å². The highest BCUT2D eigenvalue weighted by Gasteiger charge is 2.13. The minimum atomic E-state index is 0.800. The van der Waals surface area contributed by atoms with Crippen molar-refractivity contribution < 1.29 is 5.21 Å². The van der Waals surface area contributed by atoms with E-state index >= 15 is 0 Å². The second-order valence-corrected chi connectivity index (χ2v) is 6.58. The van der Waals surface area contributed by atoms with Gasteiger partial charge in [-0.05, 0) is 47.5 Å². The normalized spacial score (nSPS) is 11.3. The Hall–Kier alpha value is -3.60. The molecular weight excluding hydrogens is 336 g/mol. The monoisotopic (exact) mass is 356 g/mol. The van der Waals surface area contributed by atoms with Gasteiger partial charge >= 0.3 is 0 Å². The molecule has 0 unspecified atom stereocenters. The largest absolute Gasteiger partial charge is 0.411 e. The number of anilines is 1. The SMILES string of the molecule is CN(C)c1cccc(-c2cc(/C=N/O)cc3ncn(-c4ccccc4)c23)c1. The van der Waals surface area contributed by atoms with Gasteiger partial charge in [-0.15, -0.1) is 0 Å². The van der Waals surface area contributed by atoms with Crippen molar-refractivity contribution in [1.82, 2.24) is 9.55 Å². The van der Waals surface area contributed by atoms with Crippen molar-refractivity contribution in [3.05, 3.63) is 78.6 Å². The fraction of sp³-hybridized carbons (Fsp3) is 0.0909. The molecule has 1 heterocycles. The number of oxime groups is 1. The average Bonchev–Trinajstić information content (AvgIpc) is 3.12. The summed E-state index contributed by atoms with van der Waals surface area (Å²) in [5, 5.41) is 12.2. The van der Waals surface area contributed by atoms with Crippen LogP contribution in [0.15, 0.2) is 78.2 Å². The Kier molecular flexibility index (Phi) is 4.34. The lowest BCUT2D eigenvalue weighted by atomic mass is 10.0. The van der Waals surface area contributed by atoms with Crippen LogP contribution >= 0.6 is 0 Å². The number of hydrogen-bond acceptors (Lipinski definition) is 4. The molecule has 0 atom stereocenters. The average molecular weight is 356 g/mol. The molecule has 0 saturated heterocycles. The summed E-state index contributed by atoms with van der Waals surface area (Å²) in [4.78, 5) is 6.67. The van der Waals surface area contributed by atoms with Gasteiger partial charge in [0.2, 0.25) is 0 Å². The molecular formula is C22H20N4O. The summed E-state index contributed by atoms with van der Waals surface area (Å²) in [7, 11) is 4.05. The van der Waals surface area contributed by atoms with E-state index in [0.29, 0.717) is 0 Å². The van der Waals surface area contributed by atoms with Crippen LogP contribution in [0.2, 0.25) is 0 Å². The molecule has 4 aromatic rings. The molecule has 134 valence electrons. The summed E-state index contributed by atoms with van der Waals surface area (Å²) >= 11 is 0. The van der Waals surface area contributed by atoms with E-state index in [1.54, 1.807) is 0 Å². The molecule has 5 nitrogen and oxygen atoms in total. The highest BCUT2D eigenvalue weighted by atomic mass is 16.4. The number of rotatable bonds is 4. The van der Waals surface area contributed by atoms with E-state index in [4.69, 9.17) is 5.21 Å². The number of aromatic nitrogens is 2. The molecule has 0 fully saturated rings. The molecule has 3 aromatic carbocycles. The molecule has 1 aromatic heterocycles. The third-order valence-electron chi connectivity index (χ3n) is 4.58. The van der Waals surface area contributed by atoms with Crippen LogP contribution in [-0.2, 0) is 0 Å². The topological polar surface area (TPSA) is 53.6 Å². The lowest BCUT2D eigenvalue weighted by Crippen LogP contribution is -2.08. The van der Waals surface area contributed by atoms with Crippen LogP contribution in [0.4, 0.5) is 5.69 Å². The third-order valence-corrected chi connectivity index (χ3v) is 4.58. The van der Waals surface area contributed by atoms with Crippen LogP contribution in [0.25, 0.3) is 27.8 Å². The number of fused-ring (bicyclic) bond motifs is 1. The zero-order valence-corrected chi connectivity index (χ0v) is 15.2. The summed E-state index contributed by atoms with van der Waals surface area (Å²) in [6, 6.07) is 22.5. The van der Waals surface area contributed by atoms with Crippen molar-refractivity contribution >= 4 is 22.9 Å². The summed E-state index contributed by atoms with van der Waals surface area (Å²) in [5.41, 5.74) is 6.95. The quantitative estimate of drug-likeness (QED) is 0.331. The van der Waals surface area contributed by atoms with Crippen molar-refractivity contribution in [3.63, 3.8) is 0 Å². The maximum absolute atomic E-state index is 8.99. The predicted molar refractivity (Wildman–Crippen MR) is 110 cm³/mol. The van der Waals surface area contributed by atoms with Crippen LogP contribution < -0.4 is 4.90 Å². The molecule has 0 aliphatic heterocycles. The molecule has 5 heteroatoms. The highest BCUT2D eigenvalue weighted by Crippen LogP contribution is 2.33. The lowest BCUT2D eigenvalue weighted by Gasteiger charge is -2.15. The van der Waals surface area contributed by atoms with Gasteiger partial charge in [0.05, 0.1) is 17.2 Å². The van der Waals surface area contributed by atoms with E-state index in [-0.39, 0.29) is 0 Å². The molecule has 1 N–H and O–H groups in total. The summed E-state index contributed by atoms with van der Waals surface area (Å²) in [5.74, 6) is 0. The van der Waals surface area contributed by atoms with E-state index < -0.39 is 0 Å². The van der Waals surface area contributed by atoms with Crippen molar-refractivity contribution in [2.24, 2.45) is 5.16 Å². The summed E-state index contributed by atoms with van der Waals surface area (Å²) < 4.78 is 2.09. The molecule has 0 saturated carbocycles. The summed E-state index contributed by atoms with van der Waals surface area (Å²) in [6.45, 7) is 0. The van der Waals surface area contributed by atoms with E-state index in [0.717, 1.165) is 39.1 Å². The minimum Gasteiger partial charge on any atom is -0.411 e.